The summed E-state index contributed by atoms with van der Waals surface area (Å²) in [4.78, 5) is 3.74. The van der Waals surface area contributed by atoms with Crippen molar-refractivity contribution in [2.45, 2.75) is 6.18 Å². The van der Waals surface area contributed by atoms with Gasteiger partial charge in [-0.3, -0.25) is 0 Å². The molecule has 0 amide bonds. The van der Waals surface area contributed by atoms with Gasteiger partial charge in [0.2, 0.25) is 0 Å². The Balaban J connectivity index is 0.00000144. The van der Waals surface area contributed by atoms with Crippen LogP contribution in [0.25, 0.3) is 11.4 Å². The van der Waals surface area contributed by atoms with Gasteiger partial charge in [-0.1, -0.05) is 18.2 Å². The molecule has 1 heterocycles. The van der Waals surface area contributed by atoms with E-state index in [1.807, 2.05) is 0 Å². The van der Waals surface area contributed by atoms with Crippen molar-refractivity contribution in [2.75, 3.05) is 5.73 Å². The van der Waals surface area contributed by atoms with Gasteiger partial charge in [0.05, 0.1) is 5.56 Å². The number of benzene rings is 1. The first kappa shape index (κ1) is 13.9. The van der Waals surface area contributed by atoms with Gasteiger partial charge in [0.15, 0.2) is 11.0 Å². The minimum absolute atomic E-state index is 0. The van der Waals surface area contributed by atoms with Crippen LogP contribution >= 0.6 is 28.5 Å². The molecule has 2 aromatic rings. The van der Waals surface area contributed by atoms with Crippen molar-refractivity contribution in [2.24, 2.45) is 0 Å². The van der Waals surface area contributed by atoms with Crippen LogP contribution in [0.3, 0.4) is 0 Å². The third kappa shape index (κ3) is 2.95. The SMILES string of the molecule is Br.Nc1nc(-c2ccccc2C(F)(F)F)ns1. The highest BCUT2D eigenvalue weighted by atomic mass is 79.9. The number of nitrogens with zero attached hydrogens (tertiary/aromatic N) is 2. The van der Waals surface area contributed by atoms with E-state index < -0.39 is 11.7 Å². The zero-order chi connectivity index (χ0) is 11.8. The largest absolute Gasteiger partial charge is 0.417 e. The maximum absolute atomic E-state index is 12.7. The summed E-state index contributed by atoms with van der Waals surface area (Å²) in [7, 11) is 0. The summed E-state index contributed by atoms with van der Waals surface area (Å²) in [6.07, 6.45) is -4.42. The Labute approximate surface area is 109 Å². The molecule has 0 radical (unpaired) electrons. The molecule has 0 aliphatic carbocycles. The molecular formula is C9H7BrF3N3S. The lowest BCUT2D eigenvalue weighted by molar-refractivity contribution is -0.137. The standard InChI is InChI=1S/C9H6F3N3S.BrH/c10-9(11,12)6-4-2-1-3-5(6)7-14-8(13)16-15-7;/h1-4H,(H2,13,14,15);1H. The molecule has 0 bridgehead atoms. The molecule has 0 fully saturated rings. The third-order valence-electron chi connectivity index (χ3n) is 1.92. The molecule has 0 saturated carbocycles. The molecule has 2 rings (SSSR count). The summed E-state index contributed by atoms with van der Waals surface area (Å²) in [6, 6.07) is 5.14. The quantitative estimate of drug-likeness (QED) is 0.874. The molecule has 0 aliphatic rings. The number of rotatable bonds is 1. The summed E-state index contributed by atoms with van der Waals surface area (Å²) in [6.45, 7) is 0. The predicted molar refractivity (Wildman–Crippen MR) is 65.1 cm³/mol. The number of anilines is 1. The molecule has 1 aromatic carbocycles. The van der Waals surface area contributed by atoms with E-state index >= 15 is 0 Å². The van der Waals surface area contributed by atoms with Crippen molar-refractivity contribution in [3.05, 3.63) is 29.8 Å². The monoisotopic (exact) mass is 325 g/mol. The van der Waals surface area contributed by atoms with Crippen LogP contribution in [-0.4, -0.2) is 9.36 Å². The molecule has 1 aromatic heterocycles. The third-order valence-corrected chi connectivity index (χ3v) is 2.46. The van der Waals surface area contributed by atoms with Crippen LogP contribution in [0, 0.1) is 0 Å². The van der Waals surface area contributed by atoms with Crippen molar-refractivity contribution >= 4 is 33.6 Å². The Morgan fingerprint density at radius 2 is 1.82 bits per heavy atom. The number of hydrogen-bond donors (Lipinski definition) is 1. The topological polar surface area (TPSA) is 51.8 Å². The molecule has 8 heteroatoms. The Morgan fingerprint density at radius 1 is 1.18 bits per heavy atom. The molecule has 0 atom stereocenters. The van der Waals surface area contributed by atoms with E-state index in [4.69, 9.17) is 5.73 Å². The average Bonchev–Trinajstić information content (AvgIpc) is 2.64. The van der Waals surface area contributed by atoms with E-state index in [0.717, 1.165) is 17.6 Å². The van der Waals surface area contributed by atoms with Crippen molar-refractivity contribution in [3.8, 4) is 11.4 Å². The first-order valence-corrected chi connectivity index (χ1v) is 5.01. The van der Waals surface area contributed by atoms with Crippen LogP contribution in [0.4, 0.5) is 18.3 Å². The van der Waals surface area contributed by atoms with E-state index in [1.165, 1.54) is 18.2 Å². The fourth-order valence-electron chi connectivity index (χ4n) is 1.27. The maximum atomic E-state index is 12.7. The summed E-state index contributed by atoms with van der Waals surface area (Å²) in [5.41, 5.74) is 4.53. The second kappa shape index (κ2) is 5.01. The van der Waals surface area contributed by atoms with Crippen molar-refractivity contribution in [1.82, 2.24) is 9.36 Å². The lowest BCUT2D eigenvalue weighted by atomic mass is 10.1. The highest BCUT2D eigenvalue weighted by Gasteiger charge is 2.34. The van der Waals surface area contributed by atoms with Gasteiger partial charge >= 0.3 is 6.18 Å². The molecule has 17 heavy (non-hydrogen) atoms. The minimum Gasteiger partial charge on any atom is -0.374 e. The van der Waals surface area contributed by atoms with Gasteiger partial charge in [0, 0.05) is 17.1 Å². The molecule has 0 saturated heterocycles. The molecular weight excluding hydrogens is 319 g/mol. The molecule has 0 spiro atoms. The summed E-state index contributed by atoms with van der Waals surface area (Å²) < 4.78 is 41.7. The number of alkyl halides is 3. The van der Waals surface area contributed by atoms with Gasteiger partial charge < -0.3 is 5.73 Å². The Morgan fingerprint density at radius 3 is 2.35 bits per heavy atom. The molecule has 92 valence electrons. The van der Waals surface area contributed by atoms with Crippen LogP contribution in [0.15, 0.2) is 24.3 Å². The van der Waals surface area contributed by atoms with E-state index in [1.54, 1.807) is 0 Å². The number of nitrogens with two attached hydrogens (primary N) is 1. The van der Waals surface area contributed by atoms with Crippen molar-refractivity contribution in [1.29, 1.82) is 0 Å². The lowest BCUT2D eigenvalue weighted by Gasteiger charge is -2.09. The minimum atomic E-state index is -4.42. The first-order valence-electron chi connectivity index (χ1n) is 4.24. The number of hydrogen-bond acceptors (Lipinski definition) is 4. The van der Waals surface area contributed by atoms with Crippen LogP contribution in [0.1, 0.15) is 5.56 Å². The Hall–Kier alpha value is -1.15. The van der Waals surface area contributed by atoms with Crippen LogP contribution < -0.4 is 5.73 Å². The van der Waals surface area contributed by atoms with E-state index in [-0.39, 0.29) is 33.5 Å². The van der Waals surface area contributed by atoms with Gasteiger partial charge in [0.25, 0.3) is 0 Å². The van der Waals surface area contributed by atoms with Crippen molar-refractivity contribution in [3.63, 3.8) is 0 Å². The number of nitrogen functional groups attached to an aromatic ring is 1. The lowest BCUT2D eigenvalue weighted by Crippen LogP contribution is -2.07. The molecule has 3 nitrogen and oxygen atoms in total. The average molecular weight is 326 g/mol. The van der Waals surface area contributed by atoms with Crippen LogP contribution in [0.5, 0.6) is 0 Å². The summed E-state index contributed by atoms with van der Waals surface area (Å²) in [5, 5.41) is 0.145. The maximum Gasteiger partial charge on any atom is 0.417 e. The van der Waals surface area contributed by atoms with Gasteiger partial charge in [-0.2, -0.15) is 22.5 Å². The highest BCUT2D eigenvalue weighted by molar-refractivity contribution is 8.93. The fraction of sp³-hybridized carbons (Fsp3) is 0.111. The zero-order valence-corrected chi connectivity index (χ0v) is 10.8. The van der Waals surface area contributed by atoms with Crippen molar-refractivity contribution < 1.29 is 13.2 Å². The normalized spacial score (nSPS) is 11.0. The summed E-state index contributed by atoms with van der Waals surface area (Å²) >= 11 is 0.868. The van der Waals surface area contributed by atoms with Crippen LogP contribution in [-0.2, 0) is 6.18 Å². The molecule has 2 N–H and O–H groups in total. The first-order chi connectivity index (χ1) is 7.48. The zero-order valence-electron chi connectivity index (χ0n) is 8.23. The second-order valence-electron chi connectivity index (χ2n) is 3.00. The number of aromatic nitrogens is 2. The van der Waals surface area contributed by atoms with Gasteiger partial charge in [-0.25, -0.2) is 0 Å². The highest BCUT2D eigenvalue weighted by Crippen LogP contribution is 2.36. The van der Waals surface area contributed by atoms with Gasteiger partial charge in [0.1, 0.15) is 0 Å². The molecule has 0 unspecified atom stereocenters. The number of halogens is 4. The second-order valence-corrected chi connectivity index (χ2v) is 3.78. The van der Waals surface area contributed by atoms with Crippen LogP contribution in [0.2, 0.25) is 0 Å². The van der Waals surface area contributed by atoms with E-state index in [0.29, 0.717) is 0 Å². The Bertz CT molecular complexity index is 512. The molecule has 0 aliphatic heterocycles. The van der Waals surface area contributed by atoms with E-state index in [9.17, 15) is 13.2 Å². The fourth-order valence-corrected chi connectivity index (χ4v) is 1.72. The summed E-state index contributed by atoms with van der Waals surface area (Å²) in [5.74, 6) is 0.00965. The predicted octanol–water partition coefficient (Wildman–Crippen LogP) is 3.38. The van der Waals surface area contributed by atoms with Gasteiger partial charge in [-0.15, -0.1) is 17.0 Å². The smallest absolute Gasteiger partial charge is 0.374 e. The van der Waals surface area contributed by atoms with E-state index in [2.05, 4.69) is 9.36 Å². The van der Waals surface area contributed by atoms with Gasteiger partial charge in [-0.05, 0) is 6.07 Å². The Kier molecular flexibility index (Phi) is 4.10.